The van der Waals surface area contributed by atoms with E-state index in [-0.39, 0.29) is 22.4 Å². The molecule has 4 aromatic carbocycles. The molecule has 8 fully saturated rings. The van der Waals surface area contributed by atoms with Crippen LogP contribution in [0.2, 0.25) is 0 Å². The summed E-state index contributed by atoms with van der Waals surface area (Å²) in [6.07, 6.45) is 13.7. The number of anilines is 4. The van der Waals surface area contributed by atoms with Crippen molar-refractivity contribution in [2.75, 3.05) is 22.9 Å². The number of hydrogen-bond acceptors (Lipinski definition) is 8. The topological polar surface area (TPSA) is 141 Å². The van der Waals surface area contributed by atoms with E-state index in [0.29, 0.717) is 23.7 Å². The molecule has 8 aliphatic carbocycles. The van der Waals surface area contributed by atoms with Gasteiger partial charge in [0.05, 0.1) is 0 Å². The minimum atomic E-state index is -0.103. The molecule has 0 atom stereocenters. The van der Waals surface area contributed by atoms with Crippen LogP contribution in [0.15, 0.2) is 97.1 Å². The van der Waals surface area contributed by atoms with Crippen molar-refractivity contribution in [2.45, 2.75) is 99.5 Å². The van der Waals surface area contributed by atoms with Crippen LogP contribution in [0.3, 0.4) is 0 Å². The first kappa shape index (κ1) is 33.1. The zero-order chi connectivity index (χ0) is 35.6. The molecule has 0 aliphatic heterocycles. The summed E-state index contributed by atoms with van der Waals surface area (Å²) >= 11 is 0. The maximum absolute atomic E-state index is 6.60. The van der Waals surface area contributed by atoms with Crippen LogP contribution in [-0.2, 0) is 0 Å². The van der Waals surface area contributed by atoms with E-state index in [1.54, 1.807) is 0 Å². The van der Waals surface area contributed by atoms with Gasteiger partial charge in [-0.05, 0) is 185 Å². The molecule has 8 bridgehead atoms. The highest BCUT2D eigenvalue weighted by atomic mass is 16.5. The summed E-state index contributed by atoms with van der Waals surface area (Å²) in [6, 6.07) is 31.2. The molecule has 52 heavy (non-hydrogen) atoms. The minimum absolute atomic E-state index is 0.103. The number of nitrogen functional groups attached to an aromatic ring is 4. The Bertz CT molecular complexity index is 1580. The SMILES string of the molecule is Nc1ccc(OC23CC4CC(C2)CC(Oc2ccc(N)cc2)(C4)C3)cc1.Nc1ccc(OC23CC4CC(C2)CC(Oc2ccc(N)cc2)(C4)C3)cc1. The van der Waals surface area contributed by atoms with Crippen LogP contribution in [-0.4, -0.2) is 22.4 Å². The molecule has 0 aromatic heterocycles. The van der Waals surface area contributed by atoms with Crippen LogP contribution in [0.4, 0.5) is 22.7 Å². The van der Waals surface area contributed by atoms with Crippen molar-refractivity contribution in [3.8, 4) is 23.0 Å². The third-order valence-electron chi connectivity index (χ3n) is 12.8. The Morgan fingerprint density at radius 2 is 0.519 bits per heavy atom. The zero-order valence-electron chi connectivity index (χ0n) is 30.0. The van der Waals surface area contributed by atoms with Crippen LogP contribution in [0.25, 0.3) is 0 Å². The highest BCUT2D eigenvalue weighted by molar-refractivity contribution is 5.44. The predicted octanol–water partition coefficient (Wildman–Crippen LogP) is 8.80. The van der Waals surface area contributed by atoms with Crippen molar-refractivity contribution in [3.05, 3.63) is 97.1 Å². The summed E-state index contributed by atoms with van der Waals surface area (Å²) in [5.41, 5.74) is 25.9. The van der Waals surface area contributed by atoms with Gasteiger partial charge in [-0.3, -0.25) is 0 Å². The Balaban J connectivity index is 0.000000138. The van der Waals surface area contributed by atoms with E-state index in [0.717, 1.165) is 110 Å². The summed E-state index contributed by atoms with van der Waals surface area (Å²) in [7, 11) is 0. The first-order valence-corrected chi connectivity index (χ1v) is 19.2. The maximum Gasteiger partial charge on any atom is 0.120 e. The molecule has 0 amide bonds. The lowest BCUT2D eigenvalue weighted by Crippen LogP contribution is -2.63. The number of rotatable bonds is 8. The van der Waals surface area contributed by atoms with Crippen molar-refractivity contribution in [1.82, 2.24) is 0 Å². The van der Waals surface area contributed by atoms with Gasteiger partial charge in [-0.1, -0.05) is 0 Å². The third-order valence-corrected chi connectivity index (χ3v) is 12.8. The summed E-state index contributed by atoms with van der Waals surface area (Å²) in [4.78, 5) is 0. The Morgan fingerprint density at radius 3 is 0.712 bits per heavy atom. The van der Waals surface area contributed by atoms with Crippen molar-refractivity contribution >= 4 is 22.7 Å². The number of hydrogen-bond donors (Lipinski definition) is 4. The average Bonchev–Trinajstić information content (AvgIpc) is 3.08. The number of ether oxygens (including phenoxy) is 4. The summed E-state index contributed by atoms with van der Waals surface area (Å²) in [5.74, 6) is 6.45. The molecule has 272 valence electrons. The normalized spacial score (nSPS) is 34.6. The minimum Gasteiger partial charge on any atom is -0.487 e. The van der Waals surface area contributed by atoms with Gasteiger partial charge in [0.25, 0.3) is 0 Å². The van der Waals surface area contributed by atoms with Crippen molar-refractivity contribution < 1.29 is 18.9 Å². The Kier molecular flexibility index (Phi) is 7.94. The predicted molar refractivity (Wildman–Crippen MR) is 206 cm³/mol. The molecule has 8 nitrogen and oxygen atoms in total. The second-order valence-corrected chi connectivity index (χ2v) is 17.3. The van der Waals surface area contributed by atoms with Crippen molar-refractivity contribution in [2.24, 2.45) is 23.7 Å². The van der Waals surface area contributed by atoms with Crippen molar-refractivity contribution in [1.29, 1.82) is 0 Å². The lowest BCUT2D eigenvalue weighted by atomic mass is 9.52. The van der Waals surface area contributed by atoms with E-state index >= 15 is 0 Å². The summed E-state index contributed by atoms with van der Waals surface area (Å²) in [5, 5.41) is 0. The monoisotopic (exact) mass is 700 g/mol. The lowest BCUT2D eigenvalue weighted by Gasteiger charge is -2.60. The van der Waals surface area contributed by atoms with Crippen LogP contribution in [0.5, 0.6) is 23.0 Å². The fourth-order valence-corrected chi connectivity index (χ4v) is 11.8. The van der Waals surface area contributed by atoms with E-state index in [1.165, 1.54) is 12.8 Å². The van der Waals surface area contributed by atoms with E-state index in [4.69, 9.17) is 41.9 Å². The maximum atomic E-state index is 6.60. The second-order valence-electron chi connectivity index (χ2n) is 17.3. The van der Waals surface area contributed by atoms with Gasteiger partial charge in [-0.15, -0.1) is 0 Å². The standard InChI is InChI=1S/2C22H26N2O2/c2*23-17-1-5-19(6-2-17)25-21-10-15-9-16(11-21)13-22(12-15,14-21)26-20-7-3-18(24)4-8-20/h2*1-8,15-16H,9-14,23-24H2. The van der Waals surface area contributed by atoms with E-state index < -0.39 is 0 Å². The smallest absolute Gasteiger partial charge is 0.120 e. The van der Waals surface area contributed by atoms with Crippen LogP contribution >= 0.6 is 0 Å². The Morgan fingerprint density at radius 1 is 0.327 bits per heavy atom. The van der Waals surface area contributed by atoms with E-state index in [1.807, 2.05) is 97.1 Å². The van der Waals surface area contributed by atoms with Gasteiger partial charge in [0.15, 0.2) is 0 Å². The lowest BCUT2D eigenvalue weighted by molar-refractivity contribution is -0.177. The van der Waals surface area contributed by atoms with Gasteiger partial charge in [-0.25, -0.2) is 0 Å². The molecule has 0 saturated heterocycles. The largest absolute Gasteiger partial charge is 0.487 e. The molecule has 8 saturated carbocycles. The number of benzene rings is 4. The Labute approximate surface area is 307 Å². The highest BCUT2D eigenvalue weighted by Gasteiger charge is 2.62. The molecule has 0 spiro atoms. The first-order chi connectivity index (χ1) is 25.0. The fraction of sp³-hybridized carbons (Fsp3) is 0.455. The molecular formula is C44H52N4O4. The molecule has 8 N–H and O–H groups in total. The first-order valence-electron chi connectivity index (χ1n) is 19.2. The van der Waals surface area contributed by atoms with Crippen LogP contribution in [0.1, 0.15) is 77.0 Å². The summed E-state index contributed by atoms with van der Waals surface area (Å²) in [6.45, 7) is 0. The molecule has 8 heteroatoms. The highest BCUT2D eigenvalue weighted by Crippen LogP contribution is 2.61. The third kappa shape index (κ3) is 6.68. The van der Waals surface area contributed by atoms with Gasteiger partial charge in [0.1, 0.15) is 45.4 Å². The summed E-state index contributed by atoms with van der Waals surface area (Å²) < 4.78 is 26.4. The van der Waals surface area contributed by atoms with Gasteiger partial charge in [0, 0.05) is 35.6 Å². The van der Waals surface area contributed by atoms with Crippen LogP contribution in [0, 0.1) is 23.7 Å². The van der Waals surface area contributed by atoms with Gasteiger partial charge < -0.3 is 41.9 Å². The zero-order valence-corrected chi connectivity index (χ0v) is 30.0. The van der Waals surface area contributed by atoms with E-state index in [2.05, 4.69) is 0 Å². The molecule has 0 radical (unpaired) electrons. The second kappa shape index (κ2) is 12.5. The van der Waals surface area contributed by atoms with E-state index in [9.17, 15) is 0 Å². The van der Waals surface area contributed by atoms with Gasteiger partial charge in [0.2, 0.25) is 0 Å². The van der Waals surface area contributed by atoms with Gasteiger partial charge >= 0.3 is 0 Å². The van der Waals surface area contributed by atoms with Crippen molar-refractivity contribution in [3.63, 3.8) is 0 Å². The molecule has 12 rings (SSSR count). The fourth-order valence-electron chi connectivity index (χ4n) is 11.8. The van der Waals surface area contributed by atoms with Crippen LogP contribution < -0.4 is 41.9 Å². The molecule has 0 unspecified atom stereocenters. The molecular weight excluding hydrogens is 649 g/mol. The molecule has 0 heterocycles. The average molecular weight is 701 g/mol. The molecule has 8 aliphatic rings. The van der Waals surface area contributed by atoms with Gasteiger partial charge in [-0.2, -0.15) is 0 Å². The number of nitrogens with two attached hydrogens (primary N) is 4. The molecule has 4 aromatic rings. The quantitative estimate of drug-likeness (QED) is 0.134. The Hall–Kier alpha value is -4.72.